The van der Waals surface area contributed by atoms with Crippen LogP contribution in [0.25, 0.3) is 0 Å². The fourth-order valence-electron chi connectivity index (χ4n) is 3.30. The maximum Gasteiger partial charge on any atom is 0.257 e. The van der Waals surface area contributed by atoms with Crippen molar-refractivity contribution in [1.29, 1.82) is 0 Å². The van der Waals surface area contributed by atoms with Crippen LogP contribution >= 0.6 is 11.3 Å². The van der Waals surface area contributed by atoms with Crippen molar-refractivity contribution in [3.63, 3.8) is 0 Å². The standard InChI is InChI=1S/C18H22N4O2S/c1-20-6-8-21(9-7-20)13-18(23)22-15(16-4-2-10-24-16)12-14(19-22)17-5-3-11-25-17/h2-5,10-11,15H,6-9,12-13H2,1H3/t15-/m1/s1. The SMILES string of the molecule is CN1CCN(CC(=O)N2N=C(c3cccs3)C[C@@H]2c2ccco2)CC1. The Labute approximate surface area is 151 Å². The van der Waals surface area contributed by atoms with Crippen molar-refractivity contribution in [3.05, 3.63) is 46.5 Å². The molecule has 0 N–H and O–H groups in total. The summed E-state index contributed by atoms with van der Waals surface area (Å²) in [6.45, 7) is 4.25. The fourth-order valence-corrected chi connectivity index (χ4v) is 4.03. The van der Waals surface area contributed by atoms with Crippen molar-refractivity contribution in [2.24, 2.45) is 5.10 Å². The van der Waals surface area contributed by atoms with E-state index in [1.165, 1.54) is 0 Å². The number of carbonyl (C=O) groups is 1. The van der Waals surface area contributed by atoms with E-state index in [1.807, 2.05) is 23.6 Å². The average Bonchev–Trinajstić information content (AvgIpc) is 3.36. The number of piperazine rings is 1. The Bertz CT molecular complexity index is 733. The average molecular weight is 358 g/mol. The smallest absolute Gasteiger partial charge is 0.257 e. The monoisotopic (exact) mass is 358 g/mol. The molecule has 7 heteroatoms. The summed E-state index contributed by atoms with van der Waals surface area (Å²) in [7, 11) is 2.12. The lowest BCUT2D eigenvalue weighted by molar-refractivity contribution is -0.135. The summed E-state index contributed by atoms with van der Waals surface area (Å²) >= 11 is 1.65. The van der Waals surface area contributed by atoms with E-state index in [-0.39, 0.29) is 11.9 Å². The highest BCUT2D eigenvalue weighted by Gasteiger charge is 2.35. The van der Waals surface area contributed by atoms with Crippen molar-refractivity contribution in [1.82, 2.24) is 14.8 Å². The largest absolute Gasteiger partial charge is 0.467 e. The zero-order valence-corrected chi connectivity index (χ0v) is 15.1. The maximum atomic E-state index is 12.9. The molecule has 2 aromatic heterocycles. The number of carbonyl (C=O) groups excluding carboxylic acids is 1. The molecule has 0 unspecified atom stereocenters. The summed E-state index contributed by atoms with van der Waals surface area (Å²) in [6.07, 6.45) is 2.35. The number of hydrogen-bond donors (Lipinski definition) is 0. The number of thiophene rings is 1. The summed E-state index contributed by atoms with van der Waals surface area (Å²) in [4.78, 5) is 18.6. The molecule has 4 heterocycles. The van der Waals surface area contributed by atoms with E-state index in [9.17, 15) is 4.79 Å². The highest BCUT2D eigenvalue weighted by atomic mass is 32.1. The van der Waals surface area contributed by atoms with Crippen LogP contribution in [-0.2, 0) is 4.79 Å². The van der Waals surface area contributed by atoms with Gasteiger partial charge in [0.05, 0.1) is 23.4 Å². The van der Waals surface area contributed by atoms with Gasteiger partial charge in [0.15, 0.2) is 0 Å². The van der Waals surface area contributed by atoms with E-state index in [0.717, 1.165) is 42.5 Å². The van der Waals surface area contributed by atoms with Crippen LogP contribution in [0, 0.1) is 0 Å². The van der Waals surface area contributed by atoms with Gasteiger partial charge in [-0.2, -0.15) is 5.10 Å². The molecule has 0 saturated carbocycles. The third-order valence-corrected chi connectivity index (χ3v) is 5.72. The van der Waals surface area contributed by atoms with Crippen molar-refractivity contribution in [3.8, 4) is 0 Å². The van der Waals surface area contributed by atoms with Gasteiger partial charge in [-0.1, -0.05) is 6.07 Å². The normalized spacial score (nSPS) is 22.4. The lowest BCUT2D eigenvalue weighted by Gasteiger charge is -2.32. The summed E-state index contributed by atoms with van der Waals surface area (Å²) in [5, 5.41) is 8.33. The second kappa shape index (κ2) is 7.11. The van der Waals surface area contributed by atoms with Gasteiger partial charge in [0.25, 0.3) is 5.91 Å². The zero-order valence-electron chi connectivity index (χ0n) is 14.3. The molecule has 2 aliphatic rings. The highest BCUT2D eigenvalue weighted by molar-refractivity contribution is 7.12. The minimum Gasteiger partial charge on any atom is -0.467 e. The molecule has 2 aromatic rings. The summed E-state index contributed by atoms with van der Waals surface area (Å²) < 4.78 is 5.58. The Morgan fingerprint density at radius 3 is 2.80 bits per heavy atom. The molecule has 25 heavy (non-hydrogen) atoms. The molecule has 1 saturated heterocycles. The zero-order chi connectivity index (χ0) is 17.2. The van der Waals surface area contributed by atoms with Crippen molar-refractivity contribution >= 4 is 23.0 Å². The maximum absolute atomic E-state index is 12.9. The van der Waals surface area contributed by atoms with Crippen molar-refractivity contribution in [2.45, 2.75) is 12.5 Å². The third kappa shape index (κ3) is 3.53. The molecule has 0 aliphatic carbocycles. The molecule has 0 aromatic carbocycles. The molecular weight excluding hydrogens is 336 g/mol. The Hall–Kier alpha value is -1.96. The molecule has 0 radical (unpaired) electrons. The minimum atomic E-state index is -0.146. The van der Waals surface area contributed by atoms with Gasteiger partial charge in [-0.25, -0.2) is 5.01 Å². The van der Waals surface area contributed by atoms with Gasteiger partial charge >= 0.3 is 0 Å². The van der Waals surface area contributed by atoms with Crippen LogP contribution in [0.15, 0.2) is 45.4 Å². The topological polar surface area (TPSA) is 52.3 Å². The first-order valence-electron chi connectivity index (χ1n) is 8.58. The molecule has 132 valence electrons. The second-order valence-electron chi connectivity index (χ2n) is 6.58. The van der Waals surface area contributed by atoms with Gasteiger partial charge in [-0.15, -0.1) is 11.3 Å². The molecule has 6 nitrogen and oxygen atoms in total. The van der Waals surface area contributed by atoms with Crippen LogP contribution in [0.1, 0.15) is 23.1 Å². The second-order valence-corrected chi connectivity index (χ2v) is 7.52. The van der Waals surface area contributed by atoms with Gasteiger partial charge in [-0.05, 0) is 30.6 Å². The number of hydrogen-bond acceptors (Lipinski definition) is 6. The van der Waals surface area contributed by atoms with E-state index in [1.54, 1.807) is 22.6 Å². The summed E-state index contributed by atoms with van der Waals surface area (Å²) in [6, 6.07) is 7.71. The highest BCUT2D eigenvalue weighted by Crippen LogP contribution is 2.34. The van der Waals surface area contributed by atoms with Crippen LogP contribution in [0.4, 0.5) is 0 Å². The Morgan fingerprint density at radius 1 is 1.28 bits per heavy atom. The summed E-state index contributed by atoms with van der Waals surface area (Å²) in [5.74, 6) is 0.833. The lowest BCUT2D eigenvalue weighted by Crippen LogP contribution is -2.48. The van der Waals surface area contributed by atoms with Gasteiger partial charge in [0, 0.05) is 32.6 Å². The van der Waals surface area contributed by atoms with Gasteiger partial charge in [0.2, 0.25) is 0 Å². The molecule has 2 aliphatic heterocycles. The molecule has 0 bridgehead atoms. The lowest BCUT2D eigenvalue weighted by atomic mass is 10.1. The molecular formula is C18H22N4O2S. The van der Waals surface area contributed by atoms with Crippen LogP contribution in [-0.4, -0.2) is 66.2 Å². The Balaban J connectivity index is 1.52. The number of nitrogens with zero attached hydrogens (tertiary/aromatic N) is 4. The Kier molecular flexibility index (Phi) is 4.70. The number of amides is 1. The Morgan fingerprint density at radius 2 is 2.12 bits per heavy atom. The first kappa shape index (κ1) is 16.5. The van der Waals surface area contributed by atoms with Gasteiger partial charge in [0.1, 0.15) is 11.8 Å². The van der Waals surface area contributed by atoms with E-state index in [2.05, 4.69) is 28.0 Å². The quantitative estimate of drug-likeness (QED) is 0.841. The molecule has 4 rings (SSSR count). The third-order valence-electron chi connectivity index (χ3n) is 4.80. The van der Waals surface area contributed by atoms with E-state index < -0.39 is 0 Å². The van der Waals surface area contributed by atoms with Crippen LogP contribution in [0.5, 0.6) is 0 Å². The van der Waals surface area contributed by atoms with Gasteiger partial charge in [-0.3, -0.25) is 9.69 Å². The number of rotatable bonds is 4. The number of furan rings is 1. The molecule has 1 atom stereocenters. The summed E-state index contributed by atoms with van der Waals surface area (Å²) in [5.41, 5.74) is 0.961. The molecule has 0 spiro atoms. The van der Waals surface area contributed by atoms with E-state index >= 15 is 0 Å². The first-order chi connectivity index (χ1) is 12.2. The number of likely N-dealkylation sites (N-methyl/N-ethyl adjacent to an activating group) is 1. The van der Waals surface area contributed by atoms with Crippen LogP contribution in [0.2, 0.25) is 0 Å². The predicted molar refractivity (Wildman–Crippen MR) is 97.7 cm³/mol. The minimum absolute atomic E-state index is 0.0394. The fraction of sp³-hybridized carbons (Fsp3) is 0.444. The molecule has 1 amide bonds. The van der Waals surface area contributed by atoms with E-state index in [4.69, 9.17) is 4.42 Å². The predicted octanol–water partition coefficient (Wildman–Crippen LogP) is 2.27. The van der Waals surface area contributed by atoms with Crippen molar-refractivity contribution in [2.75, 3.05) is 39.8 Å². The van der Waals surface area contributed by atoms with Crippen molar-refractivity contribution < 1.29 is 9.21 Å². The molecule has 1 fully saturated rings. The van der Waals surface area contributed by atoms with Gasteiger partial charge < -0.3 is 9.32 Å². The first-order valence-corrected chi connectivity index (χ1v) is 9.46. The number of hydrazone groups is 1. The van der Waals surface area contributed by atoms with E-state index in [0.29, 0.717) is 13.0 Å². The van der Waals surface area contributed by atoms with Crippen LogP contribution < -0.4 is 0 Å². The van der Waals surface area contributed by atoms with Crippen LogP contribution in [0.3, 0.4) is 0 Å².